The van der Waals surface area contributed by atoms with E-state index in [-0.39, 0.29) is 24.0 Å². The highest BCUT2D eigenvalue weighted by molar-refractivity contribution is 14.0. The molecule has 2 aromatic heterocycles. The largest absolute Gasteiger partial charge is 0.352 e. The van der Waals surface area contributed by atoms with Crippen molar-refractivity contribution in [3.63, 3.8) is 0 Å². The summed E-state index contributed by atoms with van der Waals surface area (Å²) in [5.41, 5.74) is 1.26. The molecule has 0 saturated heterocycles. The lowest BCUT2D eigenvalue weighted by atomic mass is 10.2. The third-order valence-electron chi connectivity index (χ3n) is 3.86. The first-order chi connectivity index (χ1) is 12.2. The molecular formula is C19H24IN5S. The van der Waals surface area contributed by atoms with Gasteiger partial charge in [0.15, 0.2) is 5.96 Å². The molecule has 0 aliphatic rings. The van der Waals surface area contributed by atoms with Crippen molar-refractivity contribution in [2.24, 2.45) is 4.99 Å². The van der Waals surface area contributed by atoms with Crippen LogP contribution in [0.15, 0.2) is 59.9 Å². The summed E-state index contributed by atoms with van der Waals surface area (Å²) >= 11 is 1.80. The van der Waals surface area contributed by atoms with Gasteiger partial charge in [-0.15, -0.1) is 35.3 Å². The van der Waals surface area contributed by atoms with E-state index >= 15 is 0 Å². The van der Waals surface area contributed by atoms with Crippen molar-refractivity contribution in [2.45, 2.75) is 26.6 Å². The van der Waals surface area contributed by atoms with Crippen molar-refractivity contribution >= 4 is 41.3 Å². The van der Waals surface area contributed by atoms with Crippen molar-refractivity contribution in [2.75, 3.05) is 7.05 Å². The highest BCUT2D eigenvalue weighted by atomic mass is 127. The number of imidazole rings is 1. The van der Waals surface area contributed by atoms with Gasteiger partial charge in [-0.3, -0.25) is 4.99 Å². The predicted octanol–water partition coefficient (Wildman–Crippen LogP) is 3.78. The second-order valence-corrected chi connectivity index (χ2v) is 7.12. The number of hydrogen-bond acceptors (Lipinski definition) is 3. The zero-order chi connectivity index (χ0) is 17.5. The number of benzene rings is 1. The molecule has 3 aromatic rings. The van der Waals surface area contributed by atoms with Gasteiger partial charge in [-0.05, 0) is 24.6 Å². The minimum Gasteiger partial charge on any atom is -0.352 e. The van der Waals surface area contributed by atoms with Crippen LogP contribution in [0.25, 0.3) is 0 Å². The third-order valence-corrected chi connectivity index (χ3v) is 4.86. The zero-order valence-corrected chi connectivity index (χ0v) is 18.1. The van der Waals surface area contributed by atoms with Gasteiger partial charge in [-0.2, -0.15) is 0 Å². The van der Waals surface area contributed by atoms with Gasteiger partial charge in [-0.25, -0.2) is 4.98 Å². The molecule has 5 nitrogen and oxygen atoms in total. The number of hydrogen-bond donors (Lipinski definition) is 2. The summed E-state index contributed by atoms with van der Waals surface area (Å²) in [6, 6.07) is 14.7. The number of guanidine groups is 1. The van der Waals surface area contributed by atoms with Crippen LogP contribution in [0.1, 0.15) is 21.1 Å². The van der Waals surface area contributed by atoms with E-state index in [1.54, 1.807) is 18.4 Å². The number of thiophene rings is 1. The van der Waals surface area contributed by atoms with Gasteiger partial charge in [0.25, 0.3) is 0 Å². The zero-order valence-electron chi connectivity index (χ0n) is 15.0. The van der Waals surface area contributed by atoms with Crippen LogP contribution in [-0.4, -0.2) is 22.6 Å². The summed E-state index contributed by atoms with van der Waals surface area (Å²) in [6.07, 6.45) is 3.85. The van der Waals surface area contributed by atoms with Gasteiger partial charge in [0.05, 0.1) is 13.1 Å². The molecule has 0 saturated carbocycles. The first kappa shape index (κ1) is 20.4. The topological polar surface area (TPSA) is 54.2 Å². The van der Waals surface area contributed by atoms with Crippen LogP contribution in [0.3, 0.4) is 0 Å². The average molecular weight is 481 g/mol. The fraction of sp³-hybridized carbons (Fsp3) is 0.263. The van der Waals surface area contributed by atoms with E-state index in [1.165, 1.54) is 15.3 Å². The molecule has 0 aliphatic carbocycles. The molecule has 7 heteroatoms. The normalized spacial score (nSPS) is 11.1. The van der Waals surface area contributed by atoms with Gasteiger partial charge in [0.2, 0.25) is 0 Å². The Balaban J connectivity index is 0.00000243. The van der Waals surface area contributed by atoms with Crippen molar-refractivity contribution in [1.82, 2.24) is 20.2 Å². The van der Waals surface area contributed by atoms with Crippen LogP contribution >= 0.6 is 35.3 Å². The molecule has 0 atom stereocenters. The lowest BCUT2D eigenvalue weighted by Crippen LogP contribution is -2.36. The fourth-order valence-electron chi connectivity index (χ4n) is 2.57. The number of aliphatic imine (C=N–C) groups is 1. The Morgan fingerprint density at radius 3 is 2.58 bits per heavy atom. The first-order valence-electron chi connectivity index (χ1n) is 8.28. The van der Waals surface area contributed by atoms with E-state index in [1.807, 2.05) is 18.5 Å². The minimum atomic E-state index is 0. The van der Waals surface area contributed by atoms with Gasteiger partial charge in [0, 0.05) is 35.7 Å². The SMILES string of the molecule is CN=C(NCc1ccc(C)s1)NCc1nccn1Cc1ccccc1.I. The molecule has 0 amide bonds. The van der Waals surface area contributed by atoms with Crippen LogP contribution in [0.5, 0.6) is 0 Å². The molecule has 2 N–H and O–H groups in total. The van der Waals surface area contributed by atoms with E-state index < -0.39 is 0 Å². The van der Waals surface area contributed by atoms with Crippen molar-refractivity contribution in [1.29, 1.82) is 0 Å². The van der Waals surface area contributed by atoms with Gasteiger partial charge in [0.1, 0.15) is 5.82 Å². The summed E-state index contributed by atoms with van der Waals surface area (Å²) in [5, 5.41) is 6.68. The molecule has 0 spiro atoms. The Labute approximate surface area is 175 Å². The maximum absolute atomic E-state index is 4.46. The molecule has 2 heterocycles. The molecule has 3 rings (SSSR count). The second-order valence-electron chi connectivity index (χ2n) is 5.75. The predicted molar refractivity (Wildman–Crippen MR) is 119 cm³/mol. The standard InChI is InChI=1S/C19H23N5S.HI/c1-15-8-9-17(25-15)12-22-19(20-2)23-13-18-21-10-11-24(18)14-16-6-4-3-5-7-16;/h3-11H,12-14H2,1-2H3,(H2,20,22,23);1H. The van der Waals surface area contributed by atoms with Crippen LogP contribution in [0, 0.1) is 6.92 Å². The quantitative estimate of drug-likeness (QED) is 0.320. The molecule has 138 valence electrons. The van der Waals surface area contributed by atoms with E-state index in [0.717, 1.165) is 24.9 Å². The van der Waals surface area contributed by atoms with Crippen molar-refractivity contribution in [3.05, 3.63) is 76.0 Å². The number of rotatable bonds is 6. The Morgan fingerprint density at radius 1 is 1.12 bits per heavy atom. The van der Waals surface area contributed by atoms with E-state index in [9.17, 15) is 0 Å². The number of nitrogens with zero attached hydrogens (tertiary/aromatic N) is 3. The van der Waals surface area contributed by atoms with Crippen LogP contribution in [0.4, 0.5) is 0 Å². The van der Waals surface area contributed by atoms with Gasteiger partial charge < -0.3 is 15.2 Å². The number of halogens is 1. The van der Waals surface area contributed by atoms with Gasteiger partial charge >= 0.3 is 0 Å². The Morgan fingerprint density at radius 2 is 1.88 bits per heavy atom. The summed E-state index contributed by atoms with van der Waals surface area (Å²) in [7, 11) is 1.78. The van der Waals surface area contributed by atoms with Crippen LogP contribution in [-0.2, 0) is 19.6 Å². The monoisotopic (exact) mass is 481 g/mol. The molecular weight excluding hydrogens is 457 g/mol. The Kier molecular flexibility index (Phi) is 8.11. The molecule has 0 radical (unpaired) electrons. The molecule has 0 fully saturated rings. The molecule has 0 unspecified atom stereocenters. The first-order valence-corrected chi connectivity index (χ1v) is 9.10. The summed E-state index contributed by atoms with van der Waals surface area (Å²) in [5.74, 6) is 1.76. The average Bonchev–Trinajstić information content (AvgIpc) is 3.25. The fourth-order valence-corrected chi connectivity index (χ4v) is 3.40. The van der Waals surface area contributed by atoms with E-state index in [4.69, 9.17) is 0 Å². The van der Waals surface area contributed by atoms with E-state index in [0.29, 0.717) is 6.54 Å². The van der Waals surface area contributed by atoms with Crippen LogP contribution in [0.2, 0.25) is 0 Å². The minimum absolute atomic E-state index is 0. The van der Waals surface area contributed by atoms with Crippen LogP contribution < -0.4 is 10.6 Å². The Bertz CT molecular complexity index is 825. The second kappa shape index (κ2) is 10.3. The highest BCUT2D eigenvalue weighted by Gasteiger charge is 2.06. The molecule has 0 aliphatic heterocycles. The smallest absolute Gasteiger partial charge is 0.191 e. The maximum atomic E-state index is 4.46. The lowest BCUT2D eigenvalue weighted by molar-refractivity contribution is 0.688. The lowest BCUT2D eigenvalue weighted by Gasteiger charge is -2.12. The molecule has 26 heavy (non-hydrogen) atoms. The summed E-state index contributed by atoms with van der Waals surface area (Å²) in [6.45, 7) is 4.34. The number of aryl methyl sites for hydroxylation is 1. The van der Waals surface area contributed by atoms with Crippen molar-refractivity contribution in [3.8, 4) is 0 Å². The number of aromatic nitrogens is 2. The molecule has 0 bridgehead atoms. The summed E-state index contributed by atoms with van der Waals surface area (Å²) in [4.78, 5) is 11.4. The molecule has 1 aromatic carbocycles. The van der Waals surface area contributed by atoms with Gasteiger partial charge in [-0.1, -0.05) is 30.3 Å². The number of nitrogens with one attached hydrogen (secondary N) is 2. The van der Waals surface area contributed by atoms with E-state index in [2.05, 4.69) is 68.5 Å². The maximum Gasteiger partial charge on any atom is 0.191 e. The Hall–Kier alpha value is -1.87. The highest BCUT2D eigenvalue weighted by Crippen LogP contribution is 2.14. The third kappa shape index (κ3) is 5.84. The van der Waals surface area contributed by atoms with Crippen molar-refractivity contribution < 1.29 is 0 Å². The summed E-state index contributed by atoms with van der Waals surface area (Å²) < 4.78 is 2.15.